The fraction of sp³-hybridized carbons (Fsp3) is 0. The molecule has 0 unspecified atom stereocenters. The van der Waals surface area contributed by atoms with Crippen molar-refractivity contribution < 1.29 is 23.0 Å². The maximum atomic E-state index is 8.74. The molecule has 0 aliphatic carbocycles. The molecule has 0 aromatic heterocycles. The quantitative estimate of drug-likeness (QED) is 0.0730. The smallest absolute Gasteiger partial charge is 0.394 e. The Bertz CT molecular complexity index is 222. The molecule has 0 atom stereocenters. The van der Waals surface area contributed by atoms with Gasteiger partial charge >= 0.3 is 10.4 Å². The van der Waals surface area contributed by atoms with Gasteiger partial charge < -0.3 is 17.1 Å². The summed E-state index contributed by atoms with van der Waals surface area (Å²) in [5.74, 6) is 4.09. The van der Waals surface area contributed by atoms with Gasteiger partial charge in [-0.2, -0.15) is 8.42 Å². The molecule has 0 aliphatic rings. The van der Waals surface area contributed by atoms with Gasteiger partial charge in [-0.15, -0.1) is 0 Å². The van der Waals surface area contributed by atoms with Crippen LogP contribution in [0, 0.1) is 5.41 Å². The van der Waals surface area contributed by atoms with Gasteiger partial charge in [0.05, 0.1) is 0 Å². The van der Waals surface area contributed by atoms with Crippen LogP contribution in [-0.4, -0.2) is 29.0 Å². The minimum atomic E-state index is -4.67. The van der Waals surface area contributed by atoms with Crippen LogP contribution in [0.4, 0.5) is 0 Å². The summed E-state index contributed by atoms with van der Waals surface area (Å²) in [5, 5.41) is 11.9. The Morgan fingerprint density at radius 2 is 1.67 bits per heavy atom. The van der Waals surface area contributed by atoms with Crippen LogP contribution in [0.15, 0.2) is 10.3 Å². The zero-order valence-electron chi connectivity index (χ0n) is 5.67. The normalized spacial score (nSPS) is 9.50. The van der Waals surface area contributed by atoms with Crippen LogP contribution in [-0.2, 0) is 10.4 Å². The van der Waals surface area contributed by atoms with Gasteiger partial charge in [0, 0.05) is 0 Å². The third kappa shape index (κ3) is 178. The first-order valence-electron chi connectivity index (χ1n) is 1.92. The summed E-state index contributed by atoms with van der Waals surface area (Å²) in [6.07, 6.45) is 0. The molecule has 0 saturated carbocycles. The summed E-state index contributed by atoms with van der Waals surface area (Å²) in [6.45, 7) is 0. The number of guanidine groups is 1. The summed E-state index contributed by atoms with van der Waals surface area (Å²) in [5.41, 5.74) is 4.65. The van der Waals surface area contributed by atoms with Crippen molar-refractivity contribution in [3.8, 4) is 0 Å². The Hall–Kier alpha value is -1.30. The zero-order valence-corrected chi connectivity index (χ0v) is 6.48. The second kappa shape index (κ2) is 7.80. The molecule has 0 aliphatic heterocycles. The van der Waals surface area contributed by atoms with E-state index in [-0.39, 0.29) is 11.4 Å². The van der Waals surface area contributed by atoms with Crippen molar-refractivity contribution in [3.05, 3.63) is 0 Å². The van der Waals surface area contributed by atoms with Gasteiger partial charge in [0.15, 0.2) is 0 Å². The summed E-state index contributed by atoms with van der Waals surface area (Å²) in [6, 6.07) is 0. The largest absolute Gasteiger partial charge is 0.412 e. The molecule has 0 aromatic carbocycles. The Kier molecular flexibility index (Phi) is 11.0. The first kappa shape index (κ1) is 17.0. The van der Waals surface area contributed by atoms with E-state index in [0.717, 1.165) is 0 Å². The SMILES string of the molecule is N=C(N)N=NN.O.O=S(=O)(O)O. The van der Waals surface area contributed by atoms with Crippen LogP contribution in [0.25, 0.3) is 0 Å². The monoisotopic (exact) mass is 203 g/mol. The van der Waals surface area contributed by atoms with Crippen LogP contribution in [0.5, 0.6) is 0 Å². The van der Waals surface area contributed by atoms with Gasteiger partial charge in [0.25, 0.3) is 0 Å². The topological polar surface area (TPSA) is 207 Å². The molecule has 10 nitrogen and oxygen atoms in total. The lowest BCUT2D eigenvalue weighted by Crippen LogP contribution is -2.04. The van der Waals surface area contributed by atoms with Crippen molar-refractivity contribution in [1.29, 1.82) is 5.41 Å². The van der Waals surface area contributed by atoms with Crippen molar-refractivity contribution in [2.24, 2.45) is 21.9 Å². The van der Waals surface area contributed by atoms with E-state index in [1.165, 1.54) is 0 Å². The highest BCUT2D eigenvalue weighted by atomic mass is 32.3. The van der Waals surface area contributed by atoms with Gasteiger partial charge in [-0.1, -0.05) is 10.3 Å². The van der Waals surface area contributed by atoms with Crippen molar-refractivity contribution in [1.82, 2.24) is 0 Å². The average molecular weight is 203 g/mol. The Balaban J connectivity index is -0.000000126. The number of hydrogen-bond acceptors (Lipinski definition) is 4. The van der Waals surface area contributed by atoms with E-state index >= 15 is 0 Å². The van der Waals surface area contributed by atoms with E-state index in [1.807, 2.05) is 0 Å². The molecule has 9 N–H and O–H groups in total. The summed E-state index contributed by atoms with van der Waals surface area (Å²) in [4.78, 5) is 0. The Morgan fingerprint density at radius 1 is 1.42 bits per heavy atom. The average Bonchev–Trinajstić information content (AvgIpc) is 1.58. The lowest BCUT2D eigenvalue weighted by molar-refractivity contribution is 0.381. The minimum Gasteiger partial charge on any atom is -0.412 e. The summed E-state index contributed by atoms with van der Waals surface area (Å²) in [7, 11) is -4.67. The van der Waals surface area contributed by atoms with E-state index in [2.05, 4.69) is 21.9 Å². The van der Waals surface area contributed by atoms with Gasteiger partial charge in [0.1, 0.15) is 0 Å². The van der Waals surface area contributed by atoms with Crippen molar-refractivity contribution >= 4 is 16.4 Å². The first-order chi connectivity index (χ1) is 4.77. The third-order valence-electron chi connectivity index (χ3n) is 0.165. The molecule has 11 heteroatoms. The number of nitrogens with zero attached hydrogens (tertiary/aromatic N) is 2. The molecular weight excluding hydrogens is 194 g/mol. The second-order valence-electron chi connectivity index (χ2n) is 1.05. The maximum Gasteiger partial charge on any atom is 0.394 e. The standard InChI is InChI=1S/CH5N5.H2O4S.H2O/c2-1(3)5-6-4;1-5(2,3)4;/h(H5,2,3,4,5);(H2,1,2,3,4);1H2. The molecule has 0 heterocycles. The molecule has 0 radical (unpaired) electrons. The number of rotatable bonds is 0. The minimum absolute atomic E-state index is 0. The van der Waals surface area contributed by atoms with E-state index in [0.29, 0.717) is 0 Å². The molecular formula is CH9N5O5S. The van der Waals surface area contributed by atoms with Crippen LogP contribution < -0.4 is 11.6 Å². The highest BCUT2D eigenvalue weighted by Gasteiger charge is 1.84. The van der Waals surface area contributed by atoms with Crippen LogP contribution in [0.2, 0.25) is 0 Å². The molecule has 0 amide bonds. The lowest BCUT2D eigenvalue weighted by Gasteiger charge is -1.73. The van der Waals surface area contributed by atoms with E-state index in [1.54, 1.807) is 0 Å². The second-order valence-corrected chi connectivity index (χ2v) is 1.94. The van der Waals surface area contributed by atoms with Gasteiger partial charge in [-0.3, -0.25) is 14.5 Å². The molecule has 0 spiro atoms. The number of nitrogens with two attached hydrogens (primary N) is 2. The van der Waals surface area contributed by atoms with Crippen LogP contribution in [0.1, 0.15) is 0 Å². The number of nitrogens with one attached hydrogen (secondary N) is 1. The fourth-order valence-corrected chi connectivity index (χ4v) is 0.0622. The molecule has 0 aromatic rings. The molecule has 0 saturated heterocycles. The zero-order chi connectivity index (χ0) is 9.49. The molecule has 0 bridgehead atoms. The third-order valence-corrected chi connectivity index (χ3v) is 0.165. The van der Waals surface area contributed by atoms with E-state index < -0.39 is 10.4 Å². The lowest BCUT2D eigenvalue weighted by atomic mass is 11.1. The molecule has 0 rings (SSSR count). The number of hydrogen-bond donors (Lipinski definition) is 5. The van der Waals surface area contributed by atoms with Crippen LogP contribution >= 0.6 is 0 Å². The maximum absolute atomic E-state index is 8.74. The summed E-state index contributed by atoms with van der Waals surface area (Å²) >= 11 is 0. The predicted octanol–water partition coefficient (Wildman–Crippen LogP) is -2.27. The molecule has 0 fully saturated rings. The Morgan fingerprint density at radius 3 is 1.67 bits per heavy atom. The highest BCUT2D eigenvalue weighted by Crippen LogP contribution is 1.59. The van der Waals surface area contributed by atoms with Crippen molar-refractivity contribution in [3.63, 3.8) is 0 Å². The van der Waals surface area contributed by atoms with Gasteiger partial charge in [0.2, 0.25) is 5.96 Å². The predicted molar refractivity (Wildman–Crippen MR) is 38.7 cm³/mol. The fourth-order valence-electron chi connectivity index (χ4n) is 0.0622. The van der Waals surface area contributed by atoms with Crippen LogP contribution in [0.3, 0.4) is 0 Å². The van der Waals surface area contributed by atoms with E-state index in [4.69, 9.17) is 22.9 Å². The summed E-state index contributed by atoms with van der Waals surface area (Å²) < 4.78 is 31.6. The van der Waals surface area contributed by atoms with Crippen molar-refractivity contribution in [2.75, 3.05) is 0 Å². The highest BCUT2D eigenvalue weighted by molar-refractivity contribution is 7.79. The van der Waals surface area contributed by atoms with Crippen molar-refractivity contribution in [2.45, 2.75) is 0 Å². The first-order valence-corrected chi connectivity index (χ1v) is 3.32. The molecule has 12 heavy (non-hydrogen) atoms. The van der Waals surface area contributed by atoms with Gasteiger partial charge in [-0.25, -0.2) is 0 Å². The van der Waals surface area contributed by atoms with E-state index in [9.17, 15) is 0 Å². The van der Waals surface area contributed by atoms with Gasteiger partial charge in [-0.05, 0) is 0 Å². The molecule has 74 valence electrons. The Labute approximate surface area is 67.6 Å².